The molecule has 0 N–H and O–H groups in total. The van der Waals surface area contributed by atoms with Crippen molar-refractivity contribution in [2.45, 2.75) is 18.9 Å². The van der Waals surface area contributed by atoms with E-state index in [9.17, 15) is 4.79 Å². The van der Waals surface area contributed by atoms with E-state index < -0.39 is 0 Å². The predicted molar refractivity (Wildman–Crippen MR) is 70.9 cm³/mol. The standard InChI is InChI=1S/C12H12Cl3NO/c13-7-12(17)16-5-1-2-11(16)8-3-4-9(14)10(15)6-8/h3-4,6,11H,1-2,5,7H2. The Kier molecular flexibility index (Phi) is 4.18. The quantitative estimate of drug-likeness (QED) is 0.757. The van der Waals surface area contributed by atoms with Crippen molar-refractivity contribution in [1.29, 1.82) is 0 Å². The number of benzene rings is 1. The Hall–Kier alpha value is -0.440. The zero-order chi connectivity index (χ0) is 12.4. The van der Waals surface area contributed by atoms with Gasteiger partial charge in [0.05, 0.1) is 16.1 Å². The number of alkyl halides is 1. The van der Waals surface area contributed by atoms with Gasteiger partial charge in [0.2, 0.25) is 5.91 Å². The average molecular weight is 293 g/mol. The molecule has 1 saturated heterocycles. The Morgan fingerprint density at radius 3 is 2.76 bits per heavy atom. The first-order valence-electron chi connectivity index (χ1n) is 5.44. The van der Waals surface area contributed by atoms with Gasteiger partial charge in [0, 0.05) is 6.54 Å². The van der Waals surface area contributed by atoms with E-state index >= 15 is 0 Å². The molecule has 0 bridgehead atoms. The number of hydrogen-bond acceptors (Lipinski definition) is 1. The van der Waals surface area contributed by atoms with Gasteiger partial charge in [-0.05, 0) is 30.5 Å². The van der Waals surface area contributed by atoms with Crippen molar-refractivity contribution in [2.24, 2.45) is 0 Å². The number of carbonyl (C=O) groups is 1. The fraction of sp³-hybridized carbons (Fsp3) is 0.417. The highest BCUT2D eigenvalue weighted by atomic mass is 35.5. The third-order valence-corrected chi connectivity index (χ3v) is 3.98. The molecule has 2 rings (SSSR count). The second-order valence-corrected chi connectivity index (χ2v) is 5.13. The molecule has 0 aliphatic carbocycles. The van der Waals surface area contributed by atoms with E-state index in [0.717, 1.165) is 24.9 Å². The molecule has 1 unspecified atom stereocenters. The molecule has 92 valence electrons. The minimum absolute atomic E-state index is 0.0256. The Morgan fingerprint density at radius 1 is 1.35 bits per heavy atom. The second kappa shape index (κ2) is 5.47. The molecule has 1 atom stereocenters. The lowest BCUT2D eigenvalue weighted by molar-refractivity contribution is -0.129. The topological polar surface area (TPSA) is 20.3 Å². The van der Waals surface area contributed by atoms with Crippen molar-refractivity contribution in [2.75, 3.05) is 12.4 Å². The molecule has 17 heavy (non-hydrogen) atoms. The first kappa shape index (κ1) is 13.0. The third kappa shape index (κ3) is 2.70. The van der Waals surface area contributed by atoms with Crippen molar-refractivity contribution in [3.05, 3.63) is 33.8 Å². The second-order valence-electron chi connectivity index (χ2n) is 4.05. The predicted octanol–water partition coefficient (Wildman–Crippen LogP) is 3.90. The molecule has 0 radical (unpaired) electrons. The lowest BCUT2D eigenvalue weighted by Gasteiger charge is -2.24. The van der Waals surface area contributed by atoms with Crippen molar-refractivity contribution in [3.8, 4) is 0 Å². The van der Waals surface area contributed by atoms with Gasteiger partial charge in [0.1, 0.15) is 5.88 Å². The van der Waals surface area contributed by atoms with Crippen molar-refractivity contribution < 1.29 is 4.79 Å². The van der Waals surface area contributed by atoms with Crippen LogP contribution >= 0.6 is 34.8 Å². The highest BCUT2D eigenvalue weighted by molar-refractivity contribution is 6.42. The summed E-state index contributed by atoms with van der Waals surface area (Å²) in [5.41, 5.74) is 1.02. The van der Waals surface area contributed by atoms with Crippen LogP contribution in [-0.2, 0) is 4.79 Å². The molecule has 0 saturated carbocycles. The van der Waals surface area contributed by atoms with Gasteiger partial charge in [-0.2, -0.15) is 0 Å². The SMILES string of the molecule is O=C(CCl)N1CCCC1c1ccc(Cl)c(Cl)c1. The Labute approximate surface area is 115 Å². The van der Waals surface area contributed by atoms with Crippen LogP contribution in [0.2, 0.25) is 10.0 Å². The summed E-state index contributed by atoms with van der Waals surface area (Å²) in [6.45, 7) is 0.760. The molecule has 1 aromatic rings. The van der Waals surface area contributed by atoms with Gasteiger partial charge in [-0.1, -0.05) is 29.3 Å². The van der Waals surface area contributed by atoms with Gasteiger partial charge in [0.15, 0.2) is 0 Å². The maximum absolute atomic E-state index is 11.7. The molecule has 2 nitrogen and oxygen atoms in total. The van der Waals surface area contributed by atoms with Gasteiger partial charge in [-0.15, -0.1) is 11.6 Å². The number of nitrogens with zero attached hydrogens (tertiary/aromatic N) is 1. The van der Waals surface area contributed by atoms with Gasteiger partial charge < -0.3 is 4.90 Å². The largest absolute Gasteiger partial charge is 0.335 e. The summed E-state index contributed by atoms with van der Waals surface area (Å²) in [4.78, 5) is 13.5. The maximum atomic E-state index is 11.7. The van der Waals surface area contributed by atoms with E-state index in [-0.39, 0.29) is 17.8 Å². The van der Waals surface area contributed by atoms with Crippen LogP contribution in [-0.4, -0.2) is 23.2 Å². The Balaban J connectivity index is 2.26. The van der Waals surface area contributed by atoms with Crippen LogP contribution < -0.4 is 0 Å². The normalized spacial score (nSPS) is 19.7. The van der Waals surface area contributed by atoms with Crippen LogP contribution in [0.4, 0.5) is 0 Å². The molecule has 0 aromatic heterocycles. The summed E-state index contributed by atoms with van der Waals surface area (Å²) in [5, 5.41) is 1.05. The van der Waals surface area contributed by atoms with Crippen LogP contribution in [0, 0.1) is 0 Å². The molecule has 1 aromatic carbocycles. The molecule has 0 spiro atoms. The van der Waals surface area contributed by atoms with E-state index in [2.05, 4.69) is 0 Å². The van der Waals surface area contributed by atoms with Crippen molar-refractivity contribution in [3.63, 3.8) is 0 Å². The fourth-order valence-corrected chi connectivity index (χ4v) is 2.67. The molecule has 1 amide bonds. The fourth-order valence-electron chi connectivity index (χ4n) is 2.21. The Morgan fingerprint density at radius 2 is 2.12 bits per heavy atom. The van der Waals surface area contributed by atoms with E-state index in [1.54, 1.807) is 6.07 Å². The third-order valence-electron chi connectivity index (χ3n) is 3.02. The first-order chi connectivity index (χ1) is 8.13. The molecule has 1 aliphatic rings. The van der Waals surface area contributed by atoms with Crippen LogP contribution in [0.3, 0.4) is 0 Å². The van der Waals surface area contributed by atoms with Crippen molar-refractivity contribution in [1.82, 2.24) is 4.90 Å². The minimum Gasteiger partial charge on any atom is -0.335 e. The number of amides is 1. The van der Waals surface area contributed by atoms with E-state index in [1.165, 1.54) is 0 Å². The number of rotatable bonds is 2. The van der Waals surface area contributed by atoms with Crippen molar-refractivity contribution >= 4 is 40.7 Å². The molecular weight excluding hydrogens is 280 g/mol. The zero-order valence-electron chi connectivity index (χ0n) is 9.13. The summed E-state index contributed by atoms with van der Waals surface area (Å²) in [6.07, 6.45) is 1.94. The molecule has 1 fully saturated rings. The summed E-state index contributed by atoms with van der Waals surface area (Å²) in [5.74, 6) is -0.00194. The Bertz CT molecular complexity index is 436. The minimum atomic E-state index is -0.0276. The maximum Gasteiger partial charge on any atom is 0.238 e. The summed E-state index contributed by atoms with van der Waals surface area (Å²) < 4.78 is 0. The molecular formula is C12H12Cl3NO. The van der Waals surface area contributed by atoms with Crippen LogP contribution in [0.1, 0.15) is 24.4 Å². The van der Waals surface area contributed by atoms with Crippen LogP contribution in [0.25, 0.3) is 0 Å². The lowest BCUT2D eigenvalue weighted by Crippen LogP contribution is -2.31. The number of carbonyl (C=O) groups excluding carboxylic acids is 1. The molecule has 1 aliphatic heterocycles. The van der Waals surface area contributed by atoms with Crippen LogP contribution in [0.5, 0.6) is 0 Å². The average Bonchev–Trinajstić information content (AvgIpc) is 2.80. The van der Waals surface area contributed by atoms with Gasteiger partial charge in [0.25, 0.3) is 0 Å². The van der Waals surface area contributed by atoms with Crippen LogP contribution in [0.15, 0.2) is 18.2 Å². The zero-order valence-corrected chi connectivity index (χ0v) is 11.4. The number of halogens is 3. The van der Waals surface area contributed by atoms with Gasteiger partial charge in [-0.3, -0.25) is 4.79 Å². The van der Waals surface area contributed by atoms with E-state index in [4.69, 9.17) is 34.8 Å². The van der Waals surface area contributed by atoms with E-state index in [0.29, 0.717) is 10.0 Å². The summed E-state index contributed by atoms with van der Waals surface area (Å²) >= 11 is 17.5. The smallest absolute Gasteiger partial charge is 0.238 e. The number of hydrogen-bond donors (Lipinski definition) is 0. The highest BCUT2D eigenvalue weighted by Gasteiger charge is 2.29. The van der Waals surface area contributed by atoms with E-state index in [1.807, 2.05) is 17.0 Å². The highest BCUT2D eigenvalue weighted by Crippen LogP contribution is 2.34. The van der Waals surface area contributed by atoms with Gasteiger partial charge >= 0.3 is 0 Å². The number of likely N-dealkylation sites (tertiary alicyclic amines) is 1. The molecule has 1 heterocycles. The lowest BCUT2D eigenvalue weighted by atomic mass is 10.0. The first-order valence-corrected chi connectivity index (χ1v) is 6.73. The summed E-state index contributed by atoms with van der Waals surface area (Å²) in [6, 6.07) is 5.59. The summed E-state index contributed by atoms with van der Waals surface area (Å²) in [7, 11) is 0. The molecule has 5 heteroatoms. The monoisotopic (exact) mass is 291 g/mol. The van der Waals surface area contributed by atoms with Gasteiger partial charge in [-0.25, -0.2) is 0 Å².